The first-order valence-corrected chi connectivity index (χ1v) is 8.95. The molecule has 0 heterocycles. The van der Waals surface area contributed by atoms with Crippen molar-refractivity contribution in [1.82, 2.24) is 5.48 Å². The lowest BCUT2D eigenvalue weighted by Gasteiger charge is -2.17. The summed E-state index contributed by atoms with van der Waals surface area (Å²) in [5, 5.41) is 17.7. The first-order valence-electron chi connectivity index (χ1n) is 8.58. The van der Waals surface area contributed by atoms with Gasteiger partial charge >= 0.3 is 0 Å². The van der Waals surface area contributed by atoms with E-state index in [-0.39, 0.29) is 5.92 Å². The van der Waals surface area contributed by atoms with Gasteiger partial charge in [0.25, 0.3) is 5.91 Å². The van der Waals surface area contributed by atoms with Gasteiger partial charge in [0, 0.05) is 22.7 Å². The first kappa shape index (κ1) is 19.9. The van der Waals surface area contributed by atoms with Gasteiger partial charge in [-0.05, 0) is 48.1 Å². The van der Waals surface area contributed by atoms with E-state index in [2.05, 4.69) is 6.92 Å². The maximum atomic E-state index is 11.0. The highest BCUT2D eigenvalue weighted by molar-refractivity contribution is 6.31. The van der Waals surface area contributed by atoms with Crippen molar-refractivity contribution in [1.29, 1.82) is 5.41 Å². The number of benzene rings is 2. The van der Waals surface area contributed by atoms with Crippen LogP contribution in [-0.4, -0.2) is 16.8 Å². The van der Waals surface area contributed by atoms with Crippen LogP contribution < -0.4 is 5.48 Å². The van der Waals surface area contributed by atoms with Gasteiger partial charge in [0.1, 0.15) is 0 Å². The highest BCUT2D eigenvalue weighted by Gasteiger charge is 2.15. The van der Waals surface area contributed by atoms with E-state index in [0.29, 0.717) is 12.1 Å². The van der Waals surface area contributed by atoms with Gasteiger partial charge in [-0.25, -0.2) is 5.48 Å². The smallest absolute Gasteiger partial charge is 0.267 e. The number of amides is 1. The summed E-state index contributed by atoms with van der Waals surface area (Å²) >= 11 is 6.20. The summed E-state index contributed by atoms with van der Waals surface area (Å²) < 4.78 is 0. The summed E-state index contributed by atoms with van der Waals surface area (Å²) in [4.78, 5) is 11.0. The van der Waals surface area contributed by atoms with Gasteiger partial charge in [-0.15, -0.1) is 0 Å². The average molecular weight is 371 g/mol. The lowest BCUT2D eigenvalue weighted by Crippen LogP contribution is -2.14. The number of aryl methyl sites for hydroxylation is 1. The third-order valence-electron chi connectivity index (χ3n) is 4.33. The molecule has 1 amide bonds. The van der Waals surface area contributed by atoms with Gasteiger partial charge in [-0.1, -0.05) is 61.0 Å². The van der Waals surface area contributed by atoms with Crippen LogP contribution in [0.2, 0.25) is 5.02 Å². The van der Waals surface area contributed by atoms with Crippen molar-refractivity contribution < 1.29 is 10.0 Å². The minimum absolute atomic E-state index is 0.0660. The highest BCUT2D eigenvalue weighted by atomic mass is 35.5. The van der Waals surface area contributed by atoms with Gasteiger partial charge < -0.3 is 5.41 Å². The maximum absolute atomic E-state index is 11.0. The second-order valence-electron chi connectivity index (χ2n) is 6.05. The van der Waals surface area contributed by atoms with Crippen molar-refractivity contribution in [2.45, 2.75) is 32.1 Å². The SMILES string of the molecule is CCC(C(=N)CCc1ccccc1Cl)c1ccc(/C=C/C(=O)NO)cc1. The Bertz CT molecular complexity index is 785. The Morgan fingerprint density at radius 1 is 1.23 bits per heavy atom. The van der Waals surface area contributed by atoms with Gasteiger partial charge in [-0.3, -0.25) is 10.0 Å². The number of hydroxylamine groups is 1. The lowest BCUT2D eigenvalue weighted by atomic mass is 9.88. The van der Waals surface area contributed by atoms with Crippen molar-refractivity contribution >= 4 is 29.3 Å². The zero-order valence-electron chi connectivity index (χ0n) is 14.7. The molecule has 0 aliphatic rings. The van der Waals surface area contributed by atoms with Crippen molar-refractivity contribution in [3.05, 3.63) is 76.3 Å². The molecule has 0 bridgehead atoms. The van der Waals surface area contributed by atoms with E-state index in [1.54, 1.807) is 11.6 Å². The van der Waals surface area contributed by atoms with E-state index >= 15 is 0 Å². The van der Waals surface area contributed by atoms with Gasteiger partial charge in [0.15, 0.2) is 0 Å². The number of nitrogens with one attached hydrogen (secondary N) is 2. The molecule has 1 atom stereocenters. The second kappa shape index (κ2) is 9.90. The minimum Gasteiger partial charge on any atom is -0.309 e. The standard InChI is InChI=1S/C21H23ClN2O2/c1-2-18(20(23)13-12-17-5-3-4-6-19(17)22)16-10-7-15(8-11-16)9-14-21(25)24-26/h3-11,14,18,23,26H,2,12-13H2,1H3,(H,24,25)/b14-9+,23-20?. The van der Waals surface area contributed by atoms with Crippen molar-refractivity contribution in [2.24, 2.45) is 0 Å². The predicted octanol–water partition coefficient (Wildman–Crippen LogP) is 5.00. The molecule has 0 fully saturated rings. The summed E-state index contributed by atoms with van der Waals surface area (Å²) in [6, 6.07) is 15.5. The van der Waals surface area contributed by atoms with Crippen LogP contribution in [0.25, 0.3) is 6.08 Å². The average Bonchev–Trinajstić information content (AvgIpc) is 2.67. The molecule has 26 heavy (non-hydrogen) atoms. The molecular formula is C21H23ClN2O2. The quantitative estimate of drug-likeness (QED) is 0.264. The maximum Gasteiger partial charge on any atom is 0.267 e. The number of rotatable bonds is 8. The van der Waals surface area contributed by atoms with E-state index in [4.69, 9.17) is 22.2 Å². The van der Waals surface area contributed by atoms with E-state index in [9.17, 15) is 4.79 Å². The Labute approximate surface area is 159 Å². The van der Waals surface area contributed by atoms with Gasteiger partial charge in [0.05, 0.1) is 0 Å². The van der Waals surface area contributed by atoms with E-state index in [0.717, 1.165) is 34.6 Å². The molecule has 2 rings (SSSR count). The minimum atomic E-state index is -0.568. The molecule has 2 aromatic rings. The third-order valence-corrected chi connectivity index (χ3v) is 4.70. The zero-order valence-corrected chi connectivity index (χ0v) is 15.5. The van der Waals surface area contributed by atoms with Gasteiger partial charge in [-0.2, -0.15) is 0 Å². The van der Waals surface area contributed by atoms with Crippen LogP contribution in [0.1, 0.15) is 42.4 Å². The van der Waals surface area contributed by atoms with Crippen LogP contribution in [0.5, 0.6) is 0 Å². The number of hydrogen-bond acceptors (Lipinski definition) is 3. The summed E-state index contributed by atoms with van der Waals surface area (Å²) in [6.07, 6.45) is 5.16. The highest BCUT2D eigenvalue weighted by Crippen LogP contribution is 2.25. The molecule has 0 spiro atoms. The summed E-state index contributed by atoms with van der Waals surface area (Å²) in [6.45, 7) is 2.08. The fourth-order valence-electron chi connectivity index (χ4n) is 2.88. The molecule has 0 saturated carbocycles. The first-order chi connectivity index (χ1) is 12.5. The van der Waals surface area contributed by atoms with Crippen molar-refractivity contribution in [3.8, 4) is 0 Å². The number of hydrogen-bond donors (Lipinski definition) is 3. The Kier molecular flexibility index (Phi) is 7.57. The molecule has 0 aliphatic heterocycles. The Morgan fingerprint density at radius 2 is 1.92 bits per heavy atom. The fourth-order valence-corrected chi connectivity index (χ4v) is 3.11. The molecule has 1 unspecified atom stereocenters. The summed E-state index contributed by atoms with van der Waals surface area (Å²) in [5.41, 5.74) is 5.25. The molecule has 3 N–H and O–H groups in total. The number of halogens is 1. The Morgan fingerprint density at radius 3 is 2.54 bits per heavy atom. The normalized spacial score (nSPS) is 12.1. The fraction of sp³-hybridized carbons (Fsp3) is 0.238. The molecule has 0 saturated heterocycles. The van der Waals surface area contributed by atoms with E-state index < -0.39 is 5.91 Å². The molecule has 0 radical (unpaired) electrons. The van der Waals surface area contributed by atoms with Crippen LogP contribution in [0.4, 0.5) is 0 Å². The summed E-state index contributed by atoms with van der Waals surface area (Å²) in [7, 11) is 0. The van der Waals surface area contributed by atoms with Crippen LogP contribution in [-0.2, 0) is 11.2 Å². The van der Waals surface area contributed by atoms with Crippen LogP contribution in [0.3, 0.4) is 0 Å². The Balaban J connectivity index is 2.02. The van der Waals surface area contributed by atoms with Crippen molar-refractivity contribution in [3.63, 3.8) is 0 Å². The van der Waals surface area contributed by atoms with Crippen molar-refractivity contribution in [2.75, 3.05) is 0 Å². The third kappa shape index (κ3) is 5.55. The molecule has 0 aromatic heterocycles. The molecule has 4 nitrogen and oxygen atoms in total. The van der Waals surface area contributed by atoms with E-state index in [1.807, 2.05) is 48.5 Å². The number of carbonyl (C=O) groups is 1. The monoisotopic (exact) mass is 370 g/mol. The molecule has 2 aromatic carbocycles. The summed E-state index contributed by atoms with van der Waals surface area (Å²) in [5.74, 6) is -0.502. The Hall–Kier alpha value is -2.43. The zero-order chi connectivity index (χ0) is 18.9. The molecule has 5 heteroatoms. The lowest BCUT2D eigenvalue weighted by molar-refractivity contribution is -0.124. The number of carbonyl (C=O) groups excluding carboxylic acids is 1. The predicted molar refractivity (Wildman–Crippen MR) is 106 cm³/mol. The van der Waals surface area contributed by atoms with Crippen LogP contribution >= 0.6 is 11.6 Å². The second-order valence-corrected chi connectivity index (χ2v) is 6.46. The molecular weight excluding hydrogens is 348 g/mol. The molecule has 0 aliphatic carbocycles. The van der Waals surface area contributed by atoms with E-state index in [1.165, 1.54) is 6.08 Å². The van der Waals surface area contributed by atoms with Crippen LogP contribution in [0, 0.1) is 5.41 Å². The topological polar surface area (TPSA) is 73.2 Å². The van der Waals surface area contributed by atoms with Gasteiger partial charge in [0.2, 0.25) is 0 Å². The largest absolute Gasteiger partial charge is 0.309 e. The molecule has 136 valence electrons. The van der Waals surface area contributed by atoms with Crippen LogP contribution in [0.15, 0.2) is 54.6 Å².